The molecule has 0 bridgehead atoms. The molecule has 0 heterocycles. The highest BCUT2D eigenvalue weighted by Gasteiger charge is 2.09. The van der Waals surface area contributed by atoms with E-state index in [4.69, 9.17) is 5.73 Å². The fourth-order valence-corrected chi connectivity index (χ4v) is 2.73. The number of nitrogens with two attached hydrogens (primary N) is 1. The molecule has 0 aromatic heterocycles. The summed E-state index contributed by atoms with van der Waals surface area (Å²) in [6, 6.07) is 12.2. The molecule has 2 rings (SSSR count). The van der Waals surface area contributed by atoms with Crippen LogP contribution >= 0.6 is 0 Å². The minimum absolute atomic E-state index is 0.281. The Morgan fingerprint density at radius 2 is 1.73 bits per heavy atom. The van der Waals surface area contributed by atoms with Gasteiger partial charge in [-0.1, -0.05) is 36.4 Å². The lowest BCUT2D eigenvalue weighted by atomic mass is 10.0. The Labute approximate surface area is 155 Å². The highest BCUT2D eigenvalue weighted by molar-refractivity contribution is 6.47. The van der Waals surface area contributed by atoms with Crippen molar-refractivity contribution < 1.29 is 4.79 Å². The van der Waals surface area contributed by atoms with Crippen molar-refractivity contribution >= 4 is 29.5 Å². The number of hydrogen-bond donors (Lipinski definition) is 2. The molecule has 3 N–H and O–H groups in total. The van der Waals surface area contributed by atoms with Crippen LogP contribution in [0.2, 0.25) is 0 Å². The van der Waals surface area contributed by atoms with Crippen molar-refractivity contribution in [3.63, 3.8) is 0 Å². The summed E-state index contributed by atoms with van der Waals surface area (Å²) >= 11 is 0. The molecule has 0 aliphatic rings. The molecule has 0 aliphatic heterocycles. The number of benzene rings is 2. The van der Waals surface area contributed by atoms with E-state index in [1.807, 2.05) is 25.1 Å². The Kier molecular flexibility index (Phi) is 6.50. The summed E-state index contributed by atoms with van der Waals surface area (Å²) < 4.78 is 0. The first-order chi connectivity index (χ1) is 12.5. The number of hydrogen-bond acceptors (Lipinski definition) is 3. The quantitative estimate of drug-likeness (QED) is 0.627. The van der Waals surface area contributed by atoms with Crippen LogP contribution in [-0.2, 0) is 4.79 Å². The van der Waals surface area contributed by atoms with E-state index in [9.17, 15) is 4.79 Å². The molecular formula is C22H25N3O. The molecule has 0 radical (unpaired) electrons. The summed E-state index contributed by atoms with van der Waals surface area (Å²) in [7, 11) is 1.56. The molecule has 26 heavy (non-hydrogen) atoms. The number of aryl methyl sites for hydroxylation is 3. The van der Waals surface area contributed by atoms with Crippen molar-refractivity contribution in [2.45, 2.75) is 20.8 Å². The lowest BCUT2D eigenvalue weighted by Gasteiger charge is -2.09. The van der Waals surface area contributed by atoms with Crippen LogP contribution in [0.4, 0.5) is 5.69 Å². The normalized spacial score (nSPS) is 12.1. The predicted octanol–water partition coefficient (Wildman–Crippen LogP) is 4.26. The molecule has 0 saturated heterocycles. The van der Waals surface area contributed by atoms with Crippen LogP contribution in [0.25, 0.3) is 12.2 Å². The fourth-order valence-electron chi connectivity index (χ4n) is 2.73. The van der Waals surface area contributed by atoms with Crippen LogP contribution in [0.1, 0.15) is 27.8 Å². The van der Waals surface area contributed by atoms with Crippen molar-refractivity contribution in [3.8, 4) is 0 Å². The summed E-state index contributed by atoms with van der Waals surface area (Å²) in [5.41, 5.74) is 12.2. The standard InChI is InChI=1S/C22H25N3O/c1-15-6-5-7-16(2)19(15)10-8-18-9-11-20(17(3)14-18)25-22(26)21(24-4)12-13-23/h5-14H,23H2,1-4H3,(H,25,26)/b10-8+,13-12?,24-21?. The molecule has 1 amide bonds. The van der Waals surface area contributed by atoms with Crippen LogP contribution in [0.5, 0.6) is 0 Å². The second kappa shape index (κ2) is 8.81. The zero-order chi connectivity index (χ0) is 19.1. The van der Waals surface area contributed by atoms with Crippen LogP contribution < -0.4 is 11.1 Å². The van der Waals surface area contributed by atoms with Crippen molar-refractivity contribution in [2.24, 2.45) is 10.7 Å². The van der Waals surface area contributed by atoms with Gasteiger partial charge >= 0.3 is 0 Å². The third kappa shape index (κ3) is 4.70. The molecule has 0 atom stereocenters. The summed E-state index contributed by atoms with van der Waals surface area (Å²) in [6.07, 6.45) is 7.00. The molecule has 2 aromatic carbocycles. The van der Waals surface area contributed by atoms with Gasteiger partial charge < -0.3 is 11.1 Å². The van der Waals surface area contributed by atoms with E-state index in [1.54, 1.807) is 7.05 Å². The van der Waals surface area contributed by atoms with Crippen LogP contribution in [-0.4, -0.2) is 18.7 Å². The average molecular weight is 347 g/mol. The maximum atomic E-state index is 12.2. The van der Waals surface area contributed by atoms with E-state index >= 15 is 0 Å². The van der Waals surface area contributed by atoms with Crippen molar-refractivity contribution in [2.75, 3.05) is 12.4 Å². The van der Waals surface area contributed by atoms with E-state index in [2.05, 4.69) is 54.5 Å². The number of carbonyl (C=O) groups is 1. The van der Waals surface area contributed by atoms with Crippen LogP contribution in [0, 0.1) is 20.8 Å². The van der Waals surface area contributed by atoms with Gasteiger partial charge in [-0.05, 0) is 73.0 Å². The highest BCUT2D eigenvalue weighted by atomic mass is 16.1. The number of amides is 1. The van der Waals surface area contributed by atoms with Gasteiger partial charge in [-0.3, -0.25) is 9.79 Å². The van der Waals surface area contributed by atoms with Gasteiger partial charge in [0.15, 0.2) is 0 Å². The van der Waals surface area contributed by atoms with E-state index in [-0.39, 0.29) is 11.6 Å². The summed E-state index contributed by atoms with van der Waals surface area (Å²) in [5, 5.41) is 2.86. The minimum Gasteiger partial charge on any atom is -0.405 e. The highest BCUT2D eigenvalue weighted by Crippen LogP contribution is 2.20. The van der Waals surface area contributed by atoms with E-state index < -0.39 is 0 Å². The van der Waals surface area contributed by atoms with Gasteiger partial charge in [-0.15, -0.1) is 0 Å². The Bertz CT molecular complexity index is 872. The van der Waals surface area contributed by atoms with Crippen molar-refractivity contribution in [3.05, 3.63) is 76.5 Å². The Balaban J connectivity index is 2.19. The molecule has 0 fully saturated rings. The van der Waals surface area contributed by atoms with E-state index in [0.29, 0.717) is 0 Å². The van der Waals surface area contributed by atoms with Crippen molar-refractivity contribution in [1.29, 1.82) is 0 Å². The first-order valence-electron chi connectivity index (χ1n) is 8.47. The Hall–Kier alpha value is -3.14. The second-order valence-corrected chi connectivity index (χ2v) is 6.14. The van der Waals surface area contributed by atoms with Crippen molar-refractivity contribution in [1.82, 2.24) is 0 Å². The number of nitrogens with one attached hydrogen (secondary N) is 1. The third-order valence-electron chi connectivity index (χ3n) is 4.21. The molecule has 0 saturated carbocycles. The summed E-state index contributed by atoms with van der Waals surface area (Å²) in [4.78, 5) is 16.1. The zero-order valence-electron chi connectivity index (χ0n) is 15.7. The molecule has 0 unspecified atom stereocenters. The summed E-state index contributed by atoms with van der Waals surface area (Å²) in [5.74, 6) is -0.281. The number of anilines is 1. The van der Waals surface area contributed by atoms with E-state index in [0.717, 1.165) is 16.8 Å². The topological polar surface area (TPSA) is 67.5 Å². The Morgan fingerprint density at radius 1 is 1.04 bits per heavy atom. The summed E-state index contributed by atoms with van der Waals surface area (Å²) in [6.45, 7) is 6.19. The fraction of sp³-hybridized carbons (Fsp3) is 0.182. The molecule has 0 spiro atoms. The Morgan fingerprint density at radius 3 is 2.31 bits per heavy atom. The van der Waals surface area contributed by atoms with Gasteiger partial charge in [0, 0.05) is 12.7 Å². The van der Waals surface area contributed by atoms with E-state index in [1.165, 1.54) is 29.0 Å². The van der Waals surface area contributed by atoms with Gasteiger partial charge in [-0.25, -0.2) is 0 Å². The molecule has 0 aliphatic carbocycles. The molecular weight excluding hydrogens is 322 g/mol. The molecule has 134 valence electrons. The molecule has 2 aromatic rings. The number of aliphatic imine (C=N–C) groups is 1. The second-order valence-electron chi connectivity index (χ2n) is 6.14. The molecule has 4 nitrogen and oxygen atoms in total. The lowest BCUT2D eigenvalue weighted by molar-refractivity contribution is -0.110. The van der Waals surface area contributed by atoms with Gasteiger partial charge in [0.25, 0.3) is 5.91 Å². The van der Waals surface area contributed by atoms with Gasteiger partial charge in [0.1, 0.15) is 5.71 Å². The van der Waals surface area contributed by atoms with Gasteiger partial charge in [0.2, 0.25) is 0 Å². The van der Waals surface area contributed by atoms with Gasteiger partial charge in [-0.2, -0.15) is 0 Å². The number of nitrogens with zero attached hydrogens (tertiary/aromatic N) is 1. The SMILES string of the molecule is CN=C(C=CN)C(=O)Nc1ccc(/C=C/c2c(C)cccc2C)cc1C. The maximum absolute atomic E-state index is 12.2. The smallest absolute Gasteiger partial charge is 0.273 e. The monoisotopic (exact) mass is 347 g/mol. The van der Waals surface area contributed by atoms with Crippen LogP contribution in [0.15, 0.2) is 53.7 Å². The predicted molar refractivity (Wildman–Crippen MR) is 111 cm³/mol. The average Bonchev–Trinajstić information content (AvgIpc) is 2.61. The zero-order valence-corrected chi connectivity index (χ0v) is 15.7. The lowest BCUT2D eigenvalue weighted by Crippen LogP contribution is -2.22. The first kappa shape index (κ1) is 19.2. The largest absolute Gasteiger partial charge is 0.405 e. The number of rotatable bonds is 5. The first-order valence-corrected chi connectivity index (χ1v) is 8.47. The number of carbonyl (C=O) groups excluding carboxylic acids is 1. The molecule has 4 heteroatoms. The minimum atomic E-state index is -0.281. The van der Waals surface area contributed by atoms with Crippen LogP contribution in [0.3, 0.4) is 0 Å². The van der Waals surface area contributed by atoms with Gasteiger partial charge in [0.05, 0.1) is 0 Å². The third-order valence-corrected chi connectivity index (χ3v) is 4.21. The maximum Gasteiger partial charge on any atom is 0.273 e.